The first-order valence-corrected chi connectivity index (χ1v) is 13.5. The van der Waals surface area contributed by atoms with E-state index in [1.807, 2.05) is 0 Å². The van der Waals surface area contributed by atoms with Crippen molar-refractivity contribution in [3.8, 4) is 0 Å². The molecule has 1 fully saturated rings. The van der Waals surface area contributed by atoms with E-state index in [9.17, 15) is 34.2 Å². The van der Waals surface area contributed by atoms with Gasteiger partial charge in [0, 0.05) is 25.7 Å². The number of nitrogens with zero attached hydrogens (tertiary/aromatic N) is 1. The molecule has 1 aliphatic rings. The second kappa shape index (κ2) is 15.0. The molecule has 1 rings (SSSR count). The Morgan fingerprint density at radius 1 is 0.833 bits per heavy atom. The Kier molecular flexibility index (Phi) is 13.1. The number of unbranched alkanes of at least 4 members (excludes halogenated alkanes) is 10. The zero-order chi connectivity index (χ0) is 27.4. The summed E-state index contributed by atoms with van der Waals surface area (Å²) in [6.45, 7) is 6.99. The Bertz CT molecular complexity index is 759. The van der Waals surface area contributed by atoms with E-state index < -0.39 is 53.1 Å². The van der Waals surface area contributed by atoms with E-state index >= 15 is 0 Å². The van der Waals surface area contributed by atoms with Crippen LogP contribution in [0.15, 0.2) is 0 Å². The average molecular weight is 511 g/mol. The quantitative estimate of drug-likeness (QED) is 0.180. The van der Waals surface area contributed by atoms with Crippen LogP contribution in [0.1, 0.15) is 124 Å². The number of nitrogens with one attached hydrogen (secondary N) is 1. The zero-order valence-electron chi connectivity index (χ0n) is 22.6. The summed E-state index contributed by atoms with van der Waals surface area (Å²) >= 11 is 0. The second-order valence-corrected chi connectivity index (χ2v) is 11.0. The minimum absolute atomic E-state index is 0.108. The van der Waals surface area contributed by atoms with Crippen LogP contribution in [-0.4, -0.2) is 56.4 Å². The predicted molar refractivity (Wildman–Crippen MR) is 136 cm³/mol. The highest BCUT2D eigenvalue weighted by molar-refractivity contribution is 6.05. The maximum Gasteiger partial charge on any atom is 0.330 e. The second-order valence-electron chi connectivity index (χ2n) is 11.0. The van der Waals surface area contributed by atoms with Gasteiger partial charge in [0.25, 0.3) is 0 Å². The van der Waals surface area contributed by atoms with Crippen molar-refractivity contribution in [1.82, 2.24) is 10.2 Å². The van der Waals surface area contributed by atoms with E-state index in [1.165, 1.54) is 44.9 Å². The van der Waals surface area contributed by atoms with Gasteiger partial charge in [0.05, 0.1) is 0 Å². The van der Waals surface area contributed by atoms with Gasteiger partial charge in [0.2, 0.25) is 17.7 Å². The Hall–Kier alpha value is -2.45. The summed E-state index contributed by atoms with van der Waals surface area (Å²) in [6.07, 6.45) is 11.7. The lowest BCUT2D eigenvalue weighted by Gasteiger charge is -2.44. The molecule has 0 bridgehead atoms. The maximum atomic E-state index is 12.8. The predicted octanol–water partition coefficient (Wildman–Crippen LogP) is 4.67. The highest BCUT2D eigenvalue weighted by Gasteiger charge is 2.54. The summed E-state index contributed by atoms with van der Waals surface area (Å²) in [7, 11) is 0. The molecule has 0 aromatic rings. The first kappa shape index (κ1) is 31.6. The molecule has 0 spiro atoms. The summed E-state index contributed by atoms with van der Waals surface area (Å²) < 4.78 is 0. The summed E-state index contributed by atoms with van der Waals surface area (Å²) in [5.74, 6) is -4.65. The lowest BCUT2D eigenvalue weighted by atomic mass is 9.69. The smallest absolute Gasteiger partial charge is 0.330 e. The highest BCUT2D eigenvalue weighted by Crippen LogP contribution is 2.37. The summed E-state index contributed by atoms with van der Waals surface area (Å²) in [4.78, 5) is 62.4. The lowest BCUT2D eigenvalue weighted by Crippen LogP contribution is -2.66. The maximum absolute atomic E-state index is 12.8. The van der Waals surface area contributed by atoms with Gasteiger partial charge in [-0.25, -0.2) is 9.59 Å². The standard InChI is InChI=1S/C27H46N2O7/c1-5-6-7-8-9-10-11-12-13-14-15-16-21(30)28-27(25(35)36,26(2,3)4)19-20(24(33)34)29-22(31)17-18-23(29)32/h20H,5-19H2,1-4H3,(H,28,30)(H,33,34)(H,35,36)/t20?,27-/m0/s1. The van der Waals surface area contributed by atoms with Crippen LogP contribution in [0.4, 0.5) is 0 Å². The molecule has 1 aliphatic heterocycles. The van der Waals surface area contributed by atoms with Crippen molar-refractivity contribution in [2.24, 2.45) is 5.41 Å². The van der Waals surface area contributed by atoms with Crippen molar-refractivity contribution in [3.05, 3.63) is 0 Å². The summed E-state index contributed by atoms with van der Waals surface area (Å²) in [5, 5.41) is 22.5. The van der Waals surface area contributed by atoms with Crippen LogP contribution in [-0.2, 0) is 24.0 Å². The molecule has 9 heteroatoms. The van der Waals surface area contributed by atoms with Gasteiger partial charge in [-0.1, -0.05) is 91.9 Å². The minimum atomic E-state index is -1.98. The molecule has 1 heterocycles. The van der Waals surface area contributed by atoms with Gasteiger partial charge in [-0.15, -0.1) is 0 Å². The fraction of sp³-hybridized carbons (Fsp3) is 0.815. The molecule has 3 amide bonds. The number of aliphatic carboxylic acids is 2. The molecule has 0 aliphatic carbocycles. The molecule has 36 heavy (non-hydrogen) atoms. The number of carboxylic acids is 2. The van der Waals surface area contributed by atoms with Crippen molar-refractivity contribution in [2.75, 3.05) is 0 Å². The Morgan fingerprint density at radius 2 is 1.28 bits per heavy atom. The third-order valence-corrected chi connectivity index (χ3v) is 7.19. The monoisotopic (exact) mass is 510 g/mol. The first-order valence-electron chi connectivity index (χ1n) is 13.5. The molecular formula is C27H46N2O7. The number of carbonyl (C=O) groups excluding carboxylic acids is 3. The summed E-state index contributed by atoms with van der Waals surface area (Å²) in [6, 6.07) is -1.68. The lowest BCUT2D eigenvalue weighted by molar-refractivity contribution is -0.162. The van der Waals surface area contributed by atoms with Crippen LogP contribution in [0.5, 0.6) is 0 Å². The van der Waals surface area contributed by atoms with Crippen LogP contribution >= 0.6 is 0 Å². The summed E-state index contributed by atoms with van der Waals surface area (Å²) in [5.41, 5.74) is -3.07. The number of likely N-dealkylation sites (tertiary alicyclic amines) is 1. The van der Waals surface area contributed by atoms with E-state index in [1.54, 1.807) is 20.8 Å². The Labute approximate surface area is 215 Å². The Morgan fingerprint density at radius 3 is 1.67 bits per heavy atom. The van der Waals surface area contributed by atoms with Crippen LogP contribution in [0, 0.1) is 5.41 Å². The fourth-order valence-corrected chi connectivity index (χ4v) is 4.78. The SMILES string of the molecule is CCCCCCCCCCCCCC(=O)N[C@@](CC(C(=O)O)N1C(=O)CCC1=O)(C(=O)O)C(C)(C)C. The number of hydrogen-bond acceptors (Lipinski definition) is 5. The van der Waals surface area contributed by atoms with Crippen molar-refractivity contribution in [3.63, 3.8) is 0 Å². The zero-order valence-corrected chi connectivity index (χ0v) is 22.6. The van der Waals surface area contributed by atoms with Crippen molar-refractivity contribution in [2.45, 2.75) is 136 Å². The van der Waals surface area contributed by atoms with Gasteiger partial charge in [-0.2, -0.15) is 0 Å². The molecule has 0 aromatic carbocycles. The number of hydrogen-bond donors (Lipinski definition) is 3. The van der Waals surface area contributed by atoms with Gasteiger partial charge >= 0.3 is 11.9 Å². The van der Waals surface area contributed by atoms with Gasteiger partial charge in [0.15, 0.2) is 0 Å². The van der Waals surface area contributed by atoms with Crippen LogP contribution < -0.4 is 5.32 Å². The van der Waals surface area contributed by atoms with Gasteiger partial charge in [-0.3, -0.25) is 19.3 Å². The van der Waals surface area contributed by atoms with E-state index in [0.29, 0.717) is 11.3 Å². The topological polar surface area (TPSA) is 141 Å². The molecule has 2 atom stereocenters. The molecule has 1 saturated heterocycles. The fourth-order valence-electron chi connectivity index (χ4n) is 4.78. The molecule has 206 valence electrons. The van der Waals surface area contributed by atoms with Gasteiger partial charge < -0.3 is 15.5 Å². The van der Waals surface area contributed by atoms with E-state index in [0.717, 1.165) is 19.3 Å². The normalized spacial score (nSPS) is 16.6. The number of imide groups is 1. The first-order chi connectivity index (χ1) is 16.9. The highest BCUT2D eigenvalue weighted by atomic mass is 16.4. The average Bonchev–Trinajstić information content (AvgIpc) is 3.11. The van der Waals surface area contributed by atoms with Crippen molar-refractivity contribution >= 4 is 29.7 Å². The number of carboxylic acid groups (broad SMARTS) is 2. The van der Waals surface area contributed by atoms with E-state index in [4.69, 9.17) is 0 Å². The number of amides is 3. The number of rotatable bonds is 18. The molecule has 3 N–H and O–H groups in total. The van der Waals surface area contributed by atoms with Gasteiger partial charge in [-0.05, 0) is 11.8 Å². The van der Waals surface area contributed by atoms with Crippen molar-refractivity contribution in [1.29, 1.82) is 0 Å². The molecule has 0 radical (unpaired) electrons. The van der Waals surface area contributed by atoms with Crippen molar-refractivity contribution < 1.29 is 34.2 Å². The largest absolute Gasteiger partial charge is 0.480 e. The third-order valence-electron chi connectivity index (χ3n) is 7.19. The third kappa shape index (κ3) is 9.21. The molecule has 0 saturated carbocycles. The van der Waals surface area contributed by atoms with Crippen LogP contribution in [0.3, 0.4) is 0 Å². The Balaban J connectivity index is 2.71. The van der Waals surface area contributed by atoms with E-state index in [2.05, 4.69) is 12.2 Å². The molecule has 0 aromatic heterocycles. The molecule has 1 unspecified atom stereocenters. The molecule has 9 nitrogen and oxygen atoms in total. The van der Waals surface area contributed by atoms with E-state index in [-0.39, 0.29) is 19.3 Å². The van der Waals surface area contributed by atoms with Crippen LogP contribution in [0.2, 0.25) is 0 Å². The van der Waals surface area contributed by atoms with Crippen LogP contribution in [0.25, 0.3) is 0 Å². The molecular weight excluding hydrogens is 464 g/mol. The number of carbonyl (C=O) groups is 5. The van der Waals surface area contributed by atoms with Gasteiger partial charge in [0.1, 0.15) is 11.6 Å². The minimum Gasteiger partial charge on any atom is -0.480 e.